The van der Waals surface area contributed by atoms with E-state index < -0.39 is 0 Å². The first-order valence-electron chi connectivity index (χ1n) is 4.05. The van der Waals surface area contributed by atoms with Gasteiger partial charge in [-0.25, -0.2) is 0 Å². The second-order valence-electron chi connectivity index (χ2n) is 2.93. The molecule has 3 nitrogen and oxygen atoms in total. The number of para-hydroxylation sites is 1. The van der Waals surface area contributed by atoms with Crippen LogP contribution < -0.4 is 5.73 Å². The van der Waals surface area contributed by atoms with Crippen LogP contribution in [0, 0.1) is 6.92 Å². The average molecular weight is 174 g/mol. The highest BCUT2D eigenvalue weighted by atomic mass is 16.5. The van der Waals surface area contributed by atoms with E-state index in [0.717, 1.165) is 22.5 Å². The molecule has 13 heavy (non-hydrogen) atoms. The van der Waals surface area contributed by atoms with Crippen LogP contribution in [0.25, 0.3) is 11.3 Å². The molecule has 66 valence electrons. The minimum Gasteiger partial charge on any atom is -0.398 e. The maximum atomic E-state index is 5.80. The van der Waals surface area contributed by atoms with Gasteiger partial charge >= 0.3 is 0 Å². The number of anilines is 1. The minimum atomic E-state index is 0.722. The molecule has 0 aliphatic heterocycles. The van der Waals surface area contributed by atoms with Crippen molar-refractivity contribution in [2.45, 2.75) is 6.92 Å². The van der Waals surface area contributed by atoms with E-state index in [1.807, 2.05) is 31.2 Å². The van der Waals surface area contributed by atoms with Crippen LogP contribution in [0.3, 0.4) is 0 Å². The molecule has 2 rings (SSSR count). The summed E-state index contributed by atoms with van der Waals surface area (Å²) < 4.78 is 4.85. The Kier molecular flexibility index (Phi) is 1.77. The largest absolute Gasteiger partial charge is 0.398 e. The van der Waals surface area contributed by atoms with Crippen LogP contribution >= 0.6 is 0 Å². The van der Waals surface area contributed by atoms with Crippen LogP contribution in [0.5, 0.6) is 0 Å². The van der Waals surface area contributed by atoms with Crippen molar-refractivity contribution in [3.63, 3.8) is 0 Å². The molecule has 0 saturated carbocycles. The molecule has 0 unspecified atom stereocenters. The Morgan fingerprint density at radius 3 is 2.69 bits per heavy atom. The molecule has 0 bridgehead atoms. The lowest BCUT2D eigenvalue weighted by Gasteiger charge is -2.00. The summed E-state index contributed by atoms with van der Waals surface area (Å²) in [7, 11) is 0. The van der Waals surface area contributed by atoms with E-state index in [-0.39, 0.29) is 0 Å². The lowest BCUT2D eigenvalue weighted by atomic mass is 10.1. The summed E-state index contributed by atoms with van der Waals surface area (Å²) in [6.07, 6.45) is 1.61. The summed E-state index contributed by atoms with van der Waals surface area (Å²) in [5, 5.41) is 3.89. The number of aryl methyl sites for hydroxylation is 1. The van der Waals surface area contributed by atoms with Gasteiger partial charge in [-0.3, -0.25) is 0 Å². The van der Waals surface area contributed by atoms with Gasteiger partial charge in [0.15, 0.2) is 0 Å². The zero-order chi connectivity index (χ0) is 9.26. The highest BCUT2D eigenvalue weighted by Crippen LogP contribution is 2.26. The molecular weight excluding hydrogens is 164 g/mol. The fraction of sp³-hybridized carbons (Fsp3) is 0.100. The molecule has 2 aromatic rings. The Labute approximate surface area is 76.2 Å². The molecule has 0 saturated heterocycles. The van der Waals surface area contributed by atoms with Gasteiger partial charge in [-0.15, -0.1) is 0 Å². The van der Waals surface area contributed by atoms with Gasteiger partial charge in [-0.1, -0.05) is 23.4 Å². The predicted molar refractivity (Wildman–Crippen MR) is 51.1 cm³/mol. The van der Waals surface area contributed by atoms with Crippen molar-refractivity contribution in [2.24, 2.45) is 0 Å². The van der Waals surface area contributed by atoms with Crippen molar-refractivity contribution < 1.29 is 4.52 Å². The third-order valence-corrected chi connectivity index (χ3v) is 1.96. The van der Waals surface area contributed by atoms with E-state index in [4.69, 9.17) is 10.3 Å². The first-order valence-corrected chi connectivity index (χ1v) is 4.05. The fourth-order valence-corrected chi connectivity index (χ4v) is 1.26. The van der Waals surface area contributed by atoms with Crippen LogP contribution in [0.2, 0.25) is 0 Å². The van der Waals surface area contributed by atoms with Crippen LogP contribution in [0.1, 0.15) is 5.56 Å². The quantitative estimate of drug-likeness (QED) is 0.674. The zero-order valence-electron chi connectivity index (χ0n) is 7.32. The molecule has 2 N–H and O–H groups in total. The van der Waals surface area contributed by atoms with Crippen molar-refractivity contribution in [3.05, 3.63) is 36.1 Å². The Balaban J connectivity index is 2.59. The first-order chi connectivity index (χ1) is 6.29. The summed E-state index contributed by atoms with van der Waals surface area (Å²) in [4.78, 5) is 0. The molecular formula is C10H10N2O. The normalized spacial score (nSPS) is 10.2. The molecule has 1 heterocycles. The predicted octanol–water partition coefficient (Wildman–Crippen LogP) is 2.23. The highest BCUT2D eigenvalue weighted by molar-refractivity contribution is 5.74. The molecule has 0 atom stereocenters. The molecule has 0 fully saturated rings. The van der Waals surface area contributed by atoms with Crippen molar-refractivity contribution >= 4 is 5.69 Å². The third-order valence-electron chi connectivity index (χ3n) is 1.96. The molecule has 0 aliphatic carbocycles. The number of benzene rings is 1. The van der Waals surface area contributed by atoms with Gasteiger partial charge < -0.3 is 10.3 Å². The number of nitrogens with two attached hydrogens (primary N) is 1. The SMILES string of the molecule is Cc1conc1-c1ccccc1N. The molecule has 1 aromatic carbocycles. The molecule has 0 aliphatic rings. The van der Waals surface area contributed by atoms with Gasteiger partial charge in [-0.2, -0.15) is 0 Å². The number of aromatic nitrogens is 1. The van der Waals surface area contributed by atoms with Gasteiger partial charge in [0.2, 0.25) is 0 Å². The summed E-state index contributed by atoms with van der Waals surface area (Å²) >= 11 is 0. The van der Waals surface area contributed by atoms with Gasteiger partial charge in [0, 0.05) is 16.8 Å². The van der Waals surface area contributed by atoms with Gasteiger partial charge in [0.25, 0.3) is 0 Å². The average Bonchev–Trinajstić information content (AvgIpc) is 2.52. The second kappa shape index (κ2) is 2.94. The number of hydrogen-bond donors (Lipinski definition) is 1. The first kappa shape index (κ1) is 7.86. The molecule has 0 radical (unpaired) electrons. The molecule has 1 aromatic heterocycles. The van der Waals surface area contributed by atoms with E-state index in [0.29, 0.717) is 0 Å². The lowest BCUT2D eigenvalue weighted by molar-refractivity contribution is 0.421. The number of nitrogens with zero attached hydrogens (tertiary/aromatic N) is 1. The summed E-state index contributed by atoms with van der Waals surface area (Å²) in [5.41, 5.74) is 9.26. The Hall–Kier alpha value is -1.77. The van der Waals surface area contributed by atoms with Crippen molar-refractivity contribution in [3.8, 4) is 11.3 Å². The van der Waals surface area contributed by atoms with E-state index >= 15 is 0 Å². The van der Waals surface area contributed by atoms with Crippen LogP contribution in [0.4, 0.5) is 5.69 Å². The van der Waals surface area contributed by atoms with Crippen molar-refractivity contribution in [1.29, 1.82) is 0 Å². The van der Waals surface area contributed by atoms with Gasteiger partial charge in [-0.05, 0) is 13.0 Å². The monoisotopic (exact) mass is 174 g/mol. The second-order valence-corrected chi connectivity index (χ2v) is 2.93. The van der Waals surface area contributed by atoms with Crippen LogP contribution in [-0.4, -0.2) is 5.16 Å². The maximum absolute atomic E-state index is 5.80. The van der Waals surface area contributed by atoms with E-state index in [2.05, 4.69) is 5.16 Å². The van der Waals surface area contributed by atoms with E-state index in [9.17, 15) is 0 Å². The third kappa shape index (κ3) is 1.28. The number of nitrogen functional groups attached to an aromatic ring is 1. The fourth-order valence-electron chi connectivity index (χ4n) is 1.26. The summed E-state index contributed by atoms with van der Waals surface area (Å²) in [6, 6.07) is 7.61. The maximum Gasteiger partial charge on any atom is 0.127 e. The lowest BCUT2D eigenvalue weighted by Crippen LogP contribution is -1.90. The van der Waals surface area contributed by atoms with Crippen molar-refractivity contribution in [1.82, 2.24) is 5.16 Å². The minimum absolute atomic E-state index is 0.722. The Morgan fingerprint density at radius 1 is 1.31 bits per heavy atom. The number of rotatable bonds is 1. The summed E-state index contributed by atoms with van der Waals surface area (Å²) in [6.45, 7) is 1.94. The van der Waals surface area contributed by atoms with Gasteiger partial charge in [0.05, 0.1) is 0 Å². The van der Waals surface area contributed by atoms with Crippen LogP contribution in [0.15, 0.2) is 35.1 Å². The van der Waals surface area contributed by atoms with E-state index in [1.165, 1.54) is 0 Å². The van der Waals surface area contributed by atoms with E-state index in [1.54, 1.807) is 6.26 Å². The molecule has 3 heteroatoms. The smallest absolute Gasteiger partial charge is 0.127 e. The van der Waals surface area contributed by atoms with Crippen molar-refractivity contribution in [2.75, 3.05) is 5.73 Å². The Morgan fingerprint density at radius 2 is 2.08 bits per heavy atom. The Bertz CT molecular complexity index is 420. The highest BCUT2D eigenvalue weighted by Gasteiger charge is 2.08. The van der Waals surface area contributed by atoms with Gasteiger partial charge in [0.1, 0.15) is 12.0 Å². The molecule has 0 spiro atoms. The van der Waals surface area contributed by atoms with Crippen LogP contribution in [-0.2, 0) is 0 Å². The topological polar surface area (TPSA) is 52.0 Å². The standard InChI is InChI=1S/C10H10N2O/c1-7-6-13-12-10(7)8-4-2-3-5-9(8)11/h2-6H,11H2,1H3. The number of hydrogen-bond acceptors (Lipinski definition) is 3. The summed E-state index contributed by atoms with van der Waals surface area (Å²) in [5.74, 6) is 0. The zero-order valence-corrected chi connectivity index (χ0v) is 7.32. The molecule has 0 amide bonds.